The minimum absolute atomic E-state index is 0.0638. The van der Waals surface area contributed by atoms with E-state index in [-0.39, 0.29) is 17.5 Å². The Morgan fingerprint density at radius 1 is 0.966 bits per heavy atom. The van der Waals surface area contributed by atoms with E-state index in [1.807, 2.05) is 0 Å². The predicted octanol–water partition coefficient (Wildman–Crippen LogP) is 5.33. The van der Waals surface area contributed by atoms with Crippen molar-refractivity contribution in [3.63, 3.8) is 0 Å². The van der Waals surface area contributed by atoms with Crippen LogP contribution in [0.1, 0.15) is 15.9 Å². The zero-order valence-electron chi connectivity index (χ0n) is 15.9. The van der Waals surface area contributed by atoms with Crippen LogP contribution in [0.4, 0.5) is 10.1 Å². The third kappa shape index (κ3) is 5.18. The molecule has 0 saturated heterocycles. The van der Waals surface area contributed by atoms with Crippen LogP contribution in [-0.4, -0.2) is 20.1 Å². The molecule has 0 fully saturated rings. The van der Waals surface area contributed by atoms with Gasteiger partial charge in [-0.3, -0.25) is 4.79 Å². The summed E-state index contributed by atoms with van der Waals surface area (Å²) in [5, 5.41) is 2.63. The van der Waals surface area contributed by atoms with Crippen LogP contribution >= 0.6 is 11.6 Å². The summed E-state index contributed by atoms with van der Waals surface area (Å²) < 4.78 is 29.6. The molecular weight excluding hydrogens is 397 g/mol. The van der Waals surface area contributed by atoms with Crippen molar-refractivity contribution in [2.24, 2.45) is 0 Å². The molecular formula is C22H19ClFNO4. The fourth-order valence-electron chi connectivity index (χ4n) is 2.64. The summed E-state index contributed by atoms with van der Waals surface area (Å²) in [4.78, 5) is 12.6. The minimum atomic E-state index is -0.549. The van der Waals surface area contributed by atoms with Gasteiger partial charge >= 0.3 is 0 Å². The number of benzene rings is 3. The van der Waals surface area contributed by atoms with Gasteiger partial charge in [-0.2, -0.15) is 0 Å². The van der Waals surface area contributed by atoms with Crippen LogP contribution in [0.25, 0.3) is 0 Å². The summed E-state index contributed by atoms with van der Waals surface area (Å²) in [5.74, 6) is 1.08. The molecule has 0 aliphatic heterocycles. The van der Waals surface area contributed by atoms with E-state index in [0.29, 0.717) is 28.3 Å². The Labute approximate surface area is 173 Å². The average Bonchev–Trinajstić information content (AvgIpc) is 2.75. The maximum atomic E-state index is 13.3. The first-order chi connectivity index (χ1) is 14.0. The maximum absolute atomic E-state index is 13.3. The van der Waals surface area contributed by atoms with Crippen LogP contribution in [0.15, 0.2) is 60.7 Å². The Morgan fingerprint density at radius 2 is 1.69 bits per heavy atom. The molecule has 0 heterocycles. The first-order valence-corrected chi connectivity index (χ1v) is 9.08. The van der Waals surface area contributed by atoms with E-state index in [4.69, 9.17) is 25.8 Å². The molecule has 3 aromatic rings. The van der Waals surface area contributed by atoms with Gasteiger partial charge in [0.05, 0.1) is 19.2 Å². The van der Waals surface area contributed by atoms with E-state index in [2.05, 4.69) is 5.32 Å². The Bertz CT molecular complexity index is 1010. The van der Waals surface area contributed by atoms with Gasteiger partial charge in [0, 0.05) is 16.8 Å². The minimum Gasteiger partial charge on any atom is -0.497 e. The first kappa shape index (κ1) is 20.5. The molecule has 0 saturated carbocycles. The number of amides is 1. The molecule has 0 aliphatic rings. The second kappa shape index (κ2) is 9.30. The van der Waals surface area contributed by atoms with Gasteiger partial charge in [-0.1, -0.05) is 11.6 Å². The predicted molar refractivity (Wildman–Crippen MR) is 110 cm³/mol. The average molecular weight is 416 g/mol. The van der Waals surface area contributed by atoms with Crippen LogP contribution < -0.4 is 19.5 Å². The molecule has 29 heavy (non-hydrogen) atoms. The Balaban J connectivity index is 1.74. The molecule has 3 rings (SSSR count). The van der Waals surface area contributed by atoms with Gasteiger partial charge in [-0.25, -0.2) is 4.39 Å². The lowest BCUT2D eigenvalue weighted by atomic mass is 10.1. The van der Waals surface area contributed by atoms with Gasteiger partial charge < -0.3 is 19.5 Å². The second-order valence-electron chi connectivity index (χ2n) is 6.07. The van der Waals surface area contributed by atoms with Crippen molar-refractivity contribution in [1.82, 2.24) is 0 Å². The van der Waals surface area contributed by atoms with Gasteiger partial charge in [-0.15, -0.1) is 0 Å². The SMILES string of the molecule is COc1ccc(OCc2cc(C(=O)Nc3ccc(F)c(Cl)c3)ccc2OC)cc1. The highest BCUT2D eigenvalue weighted by molar-refractivity contribution is 6.31. The van der Waals surface area contributed by atoms with E-state index in [1.54, 1.807) is 56.7 Å². The quantitative estimate of drug-likeness (QED) is 0.566. The molecule has 0 aromatic heterocycles. The maximum Gasteiger partial charge on any atom is 0.255 e. The van der Waals surface area contributed by atoms with Crippen molar-refractivity contribution in [3.05, 3.63) is 82.6 Å². The number of hydrogen-bond donors (Lipinski definition) is 1. The number of halogens is 2. The molecule has 1 amide bonds. The van der Waals surface area contributed by atoms with Crippen molar-refractivity contribution in [3.8, 4) is 17.2 Å². The van der Waals surface area contributed by atoms with Crippen LogP contribution in [-0.2, 0) is 6.61 Å². The van der Waals surface area contributed by atoms with Crippen LogP contribution in [0.2, 0.25) is 5.02 Å². The largest absolute Gasteiger partial charge is 0.497 e. The lowest BCUT2D eigenvalue weighted by molar-refractivity contribution is 0.102. The molecule has 0 unspecified atom stereocenters. The van der Waals surface area contributed by atoms with Crippen LogP contribution in [0.5, 0.6) is 17.2 Å². The molecule has 0 radical (unpaired) electrons. The number of nitrogens with one attached hydrogen (secondary N) is 1. The van der Waals surface area contributed by atoms with Crippen molar-refractivity contribution < 1.29 is 23.4 Å². The molecule has 3 aromatic carbocycles. The van der Waals surface area contributed by atoms with Crippen molar-refractivity contribution in [2.45, 2.75) is 6.61 Å². The van der Waals surface area contributed by atoms with Crippen molar-refractivity contribution in [2.75, 3.05) is 19.5 Å². The van der Waals surface area contributed by atoms with Gasteiger partial charge in [0.15, 0.2) is 0 Å². The monoisotopic (exact) mass is 415 g/mol. The lowest BCUT2D eigenvalue weighted by Crippen LogP contribution is -2.13. The summed E-state index contributed by atoms with van der Waals surface area (Å²) in [6, 6.07) is 16.2. The second-order valence-corrected chi connectivity index (χ2v) is 6.48. The molecule has 0 bridgehead atoms. The summed E-state index contributed by atoms with van der Waals surface area (Å²) in [5.41, 5.74) is 1.50. The molecule has 0 spiro atoms. The lowest BCUT2D eigenvalue weighted by Gasteiger charge is -2.13. The highest BCUT2D eigenvalue weighted by Crippen LogP contribution is 2.25. The summed E-state index contributed by atoms with van der Waals surface area (Å²) >= 11 is 5.76. The van der Waals surface area contributed by atoms with Crippen LogP contribution in [0.3, 0.4) is 0 Å². The number of hydrogen-bond acceptors (Lipinski definition) is 4. The first-order valence-electron chi connectivity index (χ1n) is 8.70. The van der Waals surface area contributed by atoms with Gasteiger partial charge in [0.2, 0.25) is 0 Å². The molecule has 7 heteroatoms. The summed E-state index contributed by atoms with van der Waals surface area (Å²) in [6.45, 7) is 0.207. The van der Waals surface area contributed by atoms with E-state index in [1.165, 1.54) is 18.2 Å². The standard InChI is InChI=1S/C22H19ClFNO4/c1-27-17-5-7-18(8-6-17)29-13-15-11-14(3-10-21(15)28-2)22(26)25-16-4-9-20(24)19(23)12-16/h3-12H,13H2,1-2H3,(H,25,26). The summed E-state index contributed by atoms with van der Waals surface area (Å²) in [6.07, 6.45) is 0. The Hall–Kier alpha value is -3.25. The van der Waals surface area contributed by atoms with Gasteiger partial charge in [0.25, 0.3) is 5.91 Å². The number of carbonyl (C=O) groups excluding carboxylic acids is 1. The normalized spacial score (nSPS) is 10.3. The van der Waals surface area contributed by atoms with E-state index >= 15 is 0 Å². The zero-order chi connectivity index (χ0) is 20.8. The van der Waals surface area contributed by atoms with Crippen molar-refractivity contribution >= 4 is 23.2 Å². The summed E-state index contributed by atoms with van der Waals surface area (Å²) in [7, 11) is 3.14. The topological polar surface area (TPSA) is 56.8 Å². The highest BCUT2D eigenvalue weighted by atomic mass is 35.5. The van der Waals surface area contributed by atoms with Crippen molar-refractivity contribution in [1.29, 1.82) is 0 Å². The third-order valence-corrected chi connectivity index (χ3v) is 4.46. The van der Waals surface area contributed by atoms with E-state index < -0.39 is 5.82 Å². The molecule has 0 aliphatic carbocycles. The Morgan fingerprint density at radius 3 is 2.34 bits per heavy atom. The van der Waals surface area contributed by atoms with E-state index in [0.717, 1.165) is 5.75 Å². The zero-order valence-corrected chi connectivity index (χ0v) is 16.6. The molecule has 5 nitrogen and oxygen atoms in total. The number of anilines is 1. The number of methoxy groups -OCH3 is 2. The third-order valence-electron chi connectivity index (χ3n) is 4.17. The molecule has 150 valence electrons. The molecule has 0 atom stereocenters. The number of ether oxygens (including phenoxy) is 3. The number of rotatable bonds is 7. The molecule has 1 N–H and O–H groups in total. The van der Waals surface area contributed by atoms with Gasteiger partial charge in [-0.05, 0) is 60.7 Å². The number of carbonyl (C=O) groups is 1. The van der Waals surface area contributed by atoms with E-state index in [9.17, 15) is 9.18 Å². The fraction of sp³-hybridized carbons (Fsp3) is 0.136. The van der Waals surface area contributed by atoms with Crippen LogP contribution in [0, 0.1) is 5.82 Å². The smallest absolute Gasteiger partial charge is 0.255 e. The Kier molecular flexibility index (Phi) is 6.57. The fourth-order valence-corrected chi connectivity index (χ4v) is 2.82. The highest BCUT2D eigenvalue weighted by Gasteiger charge is 2.12. The van der Waals surface area contributed by atoms with Gasteiger partial charge in [0.1, 0.15) is 29.7 Å².